The summed E-state index contributed by atoms with van der Waals surface area (Å²) in [6.45, 7) is 2.07. The van der Waals surface area contributed by atoms with Crippen LogP contribution in [0.25, 0.3) is 17.0 Å². The molecule has 0 bridgehead atoms. The van der Waals surface area contributed by atoms with Gasteiger partial charge in [0, 0.05) is 26.1 Å². The van der Waals surface area contributed by atoms with Crippen LogP contribution >= 0.6 is 0 Å². The molecule has 0 radical (unpaired) electrons. The van der Waals surface area contributed by atoms with Crippen LogP contribution in [0.2, 0.25) is 0 Å². The molecule has 0 N–H and O–H groups in total. The summed E-state index contributed by atoms with van der Waals surface area (Å²) in [6.07, 6.45) is -0.344. The highest BCUT2D eigenvalue weighted by atomic mass is 19.4. The molecular weight excluding hydrogens is 496 g/mol. The van der Waals surface area contributed by atoms with Crippen molar-refractivity contribution in [2.75, 3.05) is 29.4 Å². The van der Waals surface area contributed by atoms with Crippen LogP contribution in [0.5, 0.6) is 0 Å². The van der Waals surface area contributed by atoms with Gasteiger partial charge in [-0.2, -0.15) is 13.2 Å². The quantitative estimate of drug-likeness (QED) is 0.272. The van der Waals surface area contributed by atoms with Crippen molar-refractivity contribution in [1.82, 2.24) is 19.6 Å². The highest BCUT2D eigenvalue weighted by molar-refractivity contribution is 5.62. The van der Waals surface area contributed by atoms with E-state index in [4.69, 9.17) is 10.1 Å². The summed E-state index contributed by atoms with van der Waals surface area (Å²) in [4.78, 5) is 13.6. The van der Waals surface area contributed by atoms with Gasteiger partial charge in [-0.05, 0) is 73.6 Å². The zero-order valence-corrected chi connectivity index (χ0v) is 20.8. The Bertz CT molecular complexity index is 1430. The van der Waals surface area contributed by atoms with Crippen LogP contribution in [-0.2, 0) is 0 Å². The van der Waals surface area contributed by atoms with E-state index in [1.165, 1.54) is 6.07 Å². The molecule has 4 aromatic rings. The number of imidazole rings is 1. The SMILES string of the molecule is Fc1cccc([C@H]2CCCN2c2ccc3ncc(-c4cccc(N5CC[C@@H](CCC(F)(F)F)C5)n4)n3n2)c1. The summed E-state index contributed by atoms with van der Waals surface area (Å²) < 4.78 is 53.7. The molecule has 198 valence electrons. The second-order valence-corrected chi connectivity index (χ2v) is 10.1. The molecule has 0 saturated carbocycles. The van der Waals surface area contributed by atoms with Crippen LogP contribution in [0.15, 0.2) is 60.8 Å². The van der Waals surface area contributed by atoms with Crippen molar-refractivity contribution < 1.29 is 17.6 Å². The topological polar surface area (TPSA) is 49.6 Å². The lowest BCUT2D eigenvalue weighted by Crippen LogP contribution is -2.24. The predicted molar refractivity (Wildman–Crippen MR) is 138 cm³/mol. The number of fused-ring (bicyclic) bond motifs is 1. The minimum Gasteiger partial charge on any atom is -0.356 e. The number of hydrogen-bond donors (Lipinski definition) is 0. The largest absolute Gasteiger partial charge is 0.389 e. The second-order valence-electron chi connectivity index (χ2n) is 10.1. The molecular formula is C28H28F4N6. The average molecular weight is 525 g/mol. The molecule has 38 heavy (non-hydrogen) atoms. The number of alkyl halides is 3. The van der Waals surface area contributed by atoms with E-state index in [2.05, 4.69) is 14.8 Å². The van der Waals surface area contributed by atoms with Gasteiger partial charge in [-0.25, -0.2) is 18.9 Å². The van der Waals surface area contributed by atoms with Gasteiger partial charge in [0.25, 0.3) is 0 Å². The van der Waals surface area contributed by atoms with Crippen LogP contribution < -0.4 is 9.80 Å². The van der Waals surface area contributed by atoms with Crippen molar-refractivity contribution in [2.45, 2.75) is 44.3 Å². The van der Waals surface area contributed by atoms with Crippen LogP contribution in [-0.4, -0.2) is 45.4 Å². The molecule has 0 aliphatic carbocycles. The van der Waals surface area contributed by atoms with Gasteiger partial charge in [0.15, 0.2) is 5.65 Å². The molecule has 6 rings (SSSR count). The Hall–Kier alpha value is -3.69. The van der Waals surface area contributed by atoms with Crippen LogP contribution in [0.4, 0.5) is 29.2 Å². The second kappa shape index (κ2) is 9.89. The third-order valence-electron chi connectivity index (χ3n) is 7.57. The highest BCUT2D eigenvalue weighted by Crippen LogP contribution is 2.36. The Morgan fingerprint density at radius 1 is 0.947 bits per heavy atom. The number of anilines is 2. The summed E-state index contributed by atoms with van der Waals surface area (Å²) >= 11 is 0. The van der Waals surface area contributed by atoms with Crippen molar-refractivity contribution in [3.8, 4) is 11.4 Å². The van der Waals surface area contributed by atoms with Gasteiger partial charge < -0.3 is 9.80 Å². The van der Waals surface area contributed by atoms with Gasteiger partial charge in [-0.3, -0.25) is 0 Å². The monoisotopic (exact) mass is 524 g/mol. The summed E-state index contributed by atoms with van der Waals surface area (Å²) in [5, 5.41) is 4.90. The Morgan fingerprint density at radius 3 is 2.66 bits per heavy atom. The van der Waals surface area contributed by atoms with Gasteiger partial charge in [-0.1, -0.05) is 18.2 Å². The molecule has 2 aliphatic heterocycles. The fraction of sp³-hybridized carbons (Fsp3) is 0.393. The maximum atomic E-state index is 13.9. The summed E-state index contributed by atoms with van der Waals surface area (Å²) in [5.74, 6) is 1.29. The van der Waals surface area contributed by atoms with Crippen molar-refractivity contribution in [2.24, 2.45) is 5.92 Å². The first-order valence-corrected chi connectivity index (χ1v) is 13.0. The highest BCUT2D eigenvalue weighted by Gasteiger charge is 2.31. The number of rotatable bonds is 6. The molecule has 1 aromatic carbocycles. The maximum Gasteiger partial charge on any atom is 0.389 e. The van der Waals surface area contributed by atoms with Crippen LogP contribution in [0.3, 0.4) is 0 Å². The lowest BCUT2D eigenvalue weighted by atomic mass is 10.0. The van der Waals surface area contributed by atoms with E-state index < -0.39 is 12.6 Å². The normalized spacial score (nSPS) is 20.1. The lowest BCUT2D eigenvalue weighted by Gasteiger charge is -2.26. The standard InChI is InChI=1S/C28H28F4N6/c29-21-5-1-4-20(16-21)23-7-3-14-37(23)27-10-9-25-33-17-24(38(25)35-27)22-6-2-8-26(34-22)36-15-12-19(18-36)11-13-28(30,31)32/h1-2,4-6,8-10,16-17,19,23H,3,7,11-15,18H2/t19-,23-/m1/s1. The Balaban J connectivity index is 1.25. The first-order valence-electron chi connectivity index (χ1n) is 13.0. The number of halogens is 4. The van der Waals surface area contributed by atoms with E-state index in [1.807, 2.05) is 36.4 Å². The average Bonchev–Trinajstić information content (AvgIpc) is 3.66. The molecule has 6 nitrogen and oxygen atoms in total. The van der Waals surface area contributed by atoms with E-state index in [9.17, 15) is 17.6 Å². The molecule has 2 fully saturated rings. The van der Waals surface area contributed by atoms with Gasteiger partial charge in [-0.15, -0.1) is 5.10 Å². The van der Waals surface area contributed by atoms with Crippen molar-refractivity contribution in [3.63, 3.8) is 0 Å². The lowest BCUT2D eigenvalue weighted by molar-refractivity contribution is -0.137. The molecule has 2 saturated heterocycles. The molecule has 0 spiro atoms. The van der Waals surface area contributed by atoms with E-state index in [0.29, 0.717) is 24.4 Å². The minimum atomic E-state index is -4.12. The first-order chi connectivity index (χ1) is 18.3. The Labute approximate surface area is 217 Å². The fourth-order valence-electron chi connectivity index (χ4n) is 5.68. The molecule has 0 amide bonds. The molecule has 0 unspecified atom stereocenters. The van der Waals surface area contributed by atoms with Gasteiger partial charge in [0.1, 0.15) is 23.1 Å². The third kappa shape index (κ3) is 5.04. The minimum absolute atomic E-state index is 0.00796. The number of aromatic nitrogens is 4. The zero-order chi connectivity index (χ0) is 26.3. The smallest absolute Gasteiger partial charge is 0.356 e. The summed E-state index contributed by atoms with van der Waals surface area (Å²) in [7, 11) is 0. The van der Waals surface area contributed by atoms with Crippen molar-refractivity contribution in [1.29, 1.82) is 0 Å². The Kier molecular flexibility index (Phi) is 6.41. The third-order valence-corrected chi connectivity index (χ3v) is 7.57. The van der Waals surface area contributed by atoms with Gasteiger partial charge in [0.05, 0.1) is 17.9 Å². The predicted octanol–water partition coefficient (Wildman–Crippen LogP) is 6.44. The van der Waals surface area contributed by atoms with E-state index in [0.717, 1.165) is 48.7 Å². The number of pyridine rings is 1. The fourth-order valence-corrected chi connectivity index (χ4v) is 5.68. The van der Waals surface area contributed by atoms with Crippen molar-refractivity contribution >= 4 is 17.3 Å². The van der Waals surface area contributed by atoms with E-state index in [-0.39, 0.29) is 24.2 Å². The van der Waals surface area contributed by atoms with Crippen LogP contribution in [0.1, 0.15) is 43.7 Å². The number of nitrogens with zero attached hydrogens (tertiary/aromatic N) is 6. The molecule has 3 aromatic heterocycles. The van der Waals surface area contributed by atoms with E-state index in [1.54, 1.807) is 22.8 Å². The zero-order valence-electron chi connectivity index (χ0n) is 20.8. The number of hydrogen-bond acceptors (Lipinski definition) is 5. The van der Waals surface area contributed by atoms with Crippen molar-refractivity contribution in [3.05, 3.63) is 72.2 Å². The van der Waals surface area contributed by atoms with Gasteiger partial charge in [0.2, 0.25) is 0 Å². The maximum absolute atomic E-state index is 13.9. The summed E-state index contributed by atoms with van der Waals surface area (Å²) in [6, 6.07) is 16.3. The van der Waals surface area contributed by atoms with Gasteiger partial charge >= 0.3 is 6.18 Å². The molecule has 5 heterocycles. The summed E-state index contributed by atoms with van der Waals surface area (Å²) in [5.41, 5.74) is 3.05. The first kappa shape index (κ1) is 24.6. The van der Waals surface area contributed by atoms with E-state index >= 15 is 0 Å². The van der Waals surface area contributed by atoms with Crippen LogP contribution in [0, 0.1) is 11.7 Å². The molecule has 10 heteroatoms. The molecule has 2 aliphatic rings. The number of benzene rings is 1. The molecule has 2 atom stereocenters. The Morgan fingerprint density at radius 2 is 1.82 bits per heavy atom.